The van der Waals surface area contributed by atoms with Gasteiger partial charge >= 0.3 is 0 Å². The molecule has 2 aliphatic rings. The Balaban J connectivity index is 1.65. The number of hydrogen-bond acceptors (Lipinski definition) is 5. The van der Waals surface area contributed by atoms with Gasteiger partial charge in [-0.1, -0.05) is 24.4 Å². The first-order valence-corrected chi connectivity index (χ1v) is 8.54. The first-order valence-electron chi connectivity index (χ1n) is 8.54. The van der Waals surface area contributed by atoms with Crippen molar-refractivity contribution in [3.8, 4) is 0 Å². The van der Waals surface area contributed by atoms with E-state index in [9.17, 15) is 0 Å². The largest absolute Gasteiger partial charge is 0.370 e. The van der Waals surface area contributed by atoms with Crippen LogP contribution < -0.4 is 5.32 Å². The van der Waals surface area contributed by atoms with Crippen molar-refractivity contribution in [2.75, 3.05) is 13.2 Å². The zero-order chi connectivity index (χ0) is 14.5. The van der Waals surface area contributed by atoms with Crippen molar-refractivity contribution in [3.05, 3.63) is 11.7 Å². The molecule has 1 aromatic rings. The van der Waals surface area contributed by atoms with Gasteiger partial charge in [0.15, 0.2) is 0 Å². The van der Waals surface area contributed by atoms with Gasteiger partial charge in [-0.05, 0) is 45.1 Å². The third kappa shape index (κ3) is 3.83. The summed E-state index contributed by atoms with van der Waals surface area (Å²) >= 11 is 0. The van der Waals surface area contributed by atoms with E-state index in [0.29, 0.717) is 18.6 Å². The number of nitrogens with zero attached hydrogens (tertiary/aromatic N) is 2. The third-order valence-electron chi connectivity index (χ3n) is 4.75. The highest BCUT2D eigenvalue weighted by atomic mass is 16.5. The molecule has 0 amide bonds. The molecule has 1 N–H and O–H groups in total. The summed E-state index contributed by atoms with van der Waals surface area (Å²) in [5.74, 6) is 2.07. The minimum absolute atomic E-state index is 0.0179. The zero-order valence-corrected chi connectivity index (χ0v) is 13.0. The molecular weight excluding hydrogens is 266 g/mol. The predicted octanol–water partition coefficient (Wildman–Crippen LogP) is 3.02. The summed E-state index contributed by atoms with van der Waals surface area (Å²) in [6, 6.07) is 0.499. The van der Waals surface area contributed by atoms with Crippen LogP contribution >= 0.6 is 0 Å². The van der Waals surface area contributed by atoms with E-state index in [-0.39, 0.29) is 6.10 Å². The van der Waals surface area contributed by atoms with Gasteiger partial charge in [0.2, 0.25) is 11.7 Å². The molecule has 0 aromatic carbocycles. The number of rotatable bonds is 6. The topological polar surface area (TPSA) is 60.2 Å². The molecule has 0 spiro atoms. The average molecular weight is 293 g/mol. The van der Waals surface area contributed by atoms with Gasteiger partial charge in [0.1, 0.15) is 6.10 Å². The van der Waals surface area contributed by atoms with Crippen molar-refractivity contribution in [2.45, 2.75) is 70.4 Å². The summed E-state index contributed by atoms with van der Waals surface area (Å²) in [6.45, 7) is 3.85. The van der Waals surface area contributed by atoms with Crippen molar-refractivity contribution in [2.24, 2.45) is 5.92 Å². The monoisotopic (exact) mass is 293 g/mol. The van der Waals surface area contributed by atoms with Crippen LogP contribution in [0.4, 0.5) is 0 Å². The third-order valence-corrected chi connectivity index (χ3v) is 4.75. The molecule has 3 rings (SSSR count). The molecule has 1 saturated carbocycles. The zero-order valence-electron chi connectivity index (χ0n) is 13.0. The molecule has 5 nitrogen and oxygen atoms in total. The van der Waals surface area contributed by atoms with Gasteiger partial charge in [0, 0.05) is 19.1 Å². The molecule has 1 aromatic heterocycles. The number of nitrogens with one attached hydrogen (secondary N) is 1. The molecule has 0 radical (unpaired) electrons. The molecule has 0 bridgehead atoms. The van der Waals surface area contributed by atoms with E-state index in [1.807, 2.05) is 6.92 Å². The van der Waals surface area contributed by atoms with Gasteiger partial charge in [-0.2, -0.15) is 4.98 Å². The second kappa shape index (κ2) is 7.36. The lowest BCUT2D eigenvalue weighted by atomic mass is 9.85. The van der Waals surface area contributed by atoms with Crippen LogP contribution in [-0.4, -0.2) is 29.3 Å². The highest BCUT2D eigenvalue weighted by Crippen LogP contribution is 2.35. The van der Waals surface area contributed by atoms with Crippen LogP contribution in [0.5, 0.6) is 0 Å². The van der Waals surface area contributed by atoms with Gasteiger partial charge in [-0.15, -0.1) is 0 Å². The number of ether oxygens (including phenoxy) is 1. The molecule has 21 heavy (non-hydrogen) atoms. The van der Waals surface area contributed by atoms with Crippen LogP contribution in [0.25, 0.3) is 0 Å². The Morgan fingerprint density at radius 3 is 2.81 bits per heavy atom. The lowest BCUT2D eigenvalue weighted by Crippen LogP contribution is -2.24. The maximum Gasteiger partial charge on any atom is 0.228 e. The maximum absolute atomic E-state index is 5.95. The second-order valence-electron chi connectivity index (χ2n) is 6.32. The highest BCUT2D eigenvalue weighted by Gasteiger charge is 2.30. The lowest BCUT2D eigenvalue weighted by molar-refractivity contribution is -0.00145. The Kier molecular flexibility index (Phi) is 5.25. The van der Waals surface area contributed by atoms with Gasteiger partial charge in [0.05, 0.1) is 0 Å². The predicted molar refractivity (Wildman–Crippen MR) is 80.0 cm³/mol. The molecule has 2 fully saturated rings. The molecule has 2 heterocycles. The highest BCUT2D eigenvalue weighted by molar-refractivity contribution is 4.97. The summed E-state index contributed by atoms with van der Waals surface area (Å²) < 4.78 is 11.4. The van der Waals surface area contributed by atoms with Gasteiger partial charge in [-0.25, -0.2) is 0 Å². The van der Waals surface area contributed by atoms with Crippen molar-refractivity contribution < 1.29 is 9.26 Å². The van der Waals surface area contributed by atoms with E-state index in [0.717, 1.165) is 24.7 Å². The van der Waals surface area contributed by atoms with Crippen LogP contribution in [0.15, 0.2) is 4.52 Å². The molecule has 1 aliphatic carbocycles. The smallest absolute Gasteiger partial charge is 0.228 e. The fourth-order valence-electron chi connectivity index (χ4n) is 3.65. The summed E-state index contributed by atoms with van der Waals surface area (Å²) in [7, 11) is 0. The van der Waals surface area contributed by atoms with Gasteiger partial charge in [0.25, 0.3) is 0 Å². The molecule has 1 saturated heterocycles. The molecule has 2 unspecified atom stereocenters. The molecule has 5 heteroatoms. The minimum atomic E-state index is 0.0179. The normalized spacial score (nSPS) is 25.3. The van der Waals surface area contributed by atoms with Gasteiger partial charge in [-0.3, -0.25) is 0 Å². The van der Waals surface area contributed by atoms with Crippen LogP contribution in [0.1, 0.15) is 69.7 Å². The van der Waals surface area contributed by atoms with E-state index < -0.39 is 0 Å². The fraction of sp³-hybridized carbons (Fsp3) is 0.875. The molecule has 1 aliphatic heterocycles. The van der Waals surface area contributed by atoms with Crippen LogP contribution in [0.2, 0.25) is 0 Å². The summed E-state index contributed by atoms with van der Waals surface area (Å²) in [6.07, 6.45) is 9.69. The Labute approximate surface area is 126 Å². The molecular formula is C16H27N3O2. The Morgan fingerprint density at radius 1 is 1.24 bits per heavy atom. The summed E-state index contributed by atoms with van der Waals surface area (Å²) in [4.78, 5) is 4.63. The minimum Gasteiger partial charge on any atom is -0.370 e. The van der Waals surface area contributed by atoms with E-state index in [1.165, 1.54) is 44.9 Å². The van der Waals surface area contributed by atoms with E-state index in [4.69, 9.17) is 9.26 Å². The van der Waals surface area contributed by atoms with Crippen LogP contribution in [0.3, 0.4) is 0 Å². The number of aromatic nitrogens is 2. The average Bonchev–Trinajstić information content (AvgIpc) is 3.18. The Bertz CT molecular complexity index is 423. The van der Waals surface area contributed by atoms with E-state index in [1.54, 1.807) is 0 Å². The van der Waals surface area contributed by atoms with Crippen LogP contribution in [-0.2, 0) is 11.2 Å². The quantitative estimate of drug-likeness (QED) is 0.873. The van der Waals surface area contributed by atoms with Crippen molar-refractivity contribution in [3.63, 3.8) is 0 Å². The summed E-state index contributed by atoms with van der Waals surface area (Å²) in [5, 5.41) is 7.69. The van der Waals surface area contributed by atoms with Crippen molar-refractivity contribution in [1.29, 1.82) is 0 Å². The standard InChI is InChI=1S/C16H27N3O2/c1-2-20-15(12-7-4-3-5-8-12)16-18-14(21-19-16)11-13-9-6-10-17-13/h12-13,15,17H,2-11H2,1H3. The van der Waals surface area contributed by atoms with E-state index in [2.05, 4.69) is 15.5 Å². The lowest BCUT2D eigenvalue weighted by Gasteiger charge is -2.27. The molecule has 2 atom stereocenters. The van der Waals surface area contributed by atoms with Crippen molar-refractivity contribution >= 4 is 0 Å². The Hall–Kier alpha value is -0.940. The first-order chi connectivity index (χ1) is 10.4. The maximum atomic E-state index is 5.95. The fourth-order valence-corrected chi connectivity index (χ4v) is 3.65. The molecule has 118 valence electrons. The van der Waals surface area contributed by atoms with Crippen molar-refractivity contribution in [1.82, 2.24) is 15.5 Å². The van der Waals surface area contributed by atoms with E-state index >= 15 is 0 Å². The number of hydrogen-bond donors (Lipinski definition) is 1. The SMILES string of the molecule is CCOC(c1noc(CC2CCCN2)n1)C1CCCCC1. The second-order valence-corrected chi connectivity index (χ2v) is 6.32. The summed E-state index contributed by atoms with van der Waals surface area (Å²) in [5.41, 5.74) is 0. The van der Waals surface area contributed by atoms with Crippen LogP contribution in [0, 0.1) is 5.92 Å². The Morgan fingerprint density at radius 2 is 2.10 bits per heavy atom. The first kappa shape index (κ1) is 15.0. The van der Waals surface area contributed by atoms with Gasteiger partial charge < -0.3 is 14.6 Å².